The second-order valence-corrected chi connectivity index (χ2v) is 6.10. The van der Waals surface area contributed by atoms with Crippen molar-refractivity contribution < 1.29 is 171 Å². The predicted molar refractivity (Wildman–Crippen MR) is 188 cm³/mol. The minimum absolute atomic E-state index is 0. The summed E-state index contributed by atoms with van der Waals surface area (Å²) in [7, 11) is 3.00. The molecule has 1 heterocycles. The molecule has 21 heteroatoms. The van der Waals surface area contributed by atoms with E-state index in [4.69, 9.17) is 72.1 Å². The molecule has 0 aromatic rings. The van der Waals surface area contributed by atoms with E-state index in [2.05, 4.69) is 122 Å². The molecule has 0 amide bonds. The Balaban J connectivity index is -0.0000000102. The summed E-state index contributed by atoms with van der Waals surface area (Å²) in [6.45, 7) is 48.7. The molecule has 3 rings (SSSR count). The fourth-order valence-electron chi connectivity index (χ4n) is 2.77. The van der Waals surface area contributed by atoms with Crippen LogP contribution in [0, 0.1) is 59.9 Å². The van der Waals surface area contributed by atoms with Gasteiger partial charge in [0.1, 0.15) is 0 Å². The molecule has 2 aliphatic carbocycles. The zero-order valence-electron chi connectivity index (χ0n) is 32.7. The number of aliphatic hydroxyl groups excluding tert-OH is 3. The Bertz CT molecular complexity index is 402. The van der Waals surface area contributed by atoms with Crippen LogP contribution in [0.5, 0.6) is 0 Å². The Hall–Kier alpha value is 0.576. The molecular formula is C32H57IMn2NaO15Ru2. The molecule has 313 valence electrons. The Morgan fingerprint density at radius 2 is 0.623 bits per heavy atom. The van der Waals surface area contributed by atoms with Gasteiger partial charge in [-0.3, -0.25) is 40.7 Å². The summed E-state index contributed by atoms with van der Waals surface area (Å²) in [6, 6.07) is 0. The monoisotopic (exact) mass is 1140 g/mol. The third-order valence-corrected chi connectivity index (χ3v) is 4.12. The summed E-state index contributed by atoms with van der Waals surface area (Å²) in [5, 5.41) is 21.0. The first kappa shape index (κ1) is 140. The molecule has 2 saturated carbocycles. The number of hydrogen-bond acceptors (Lipinski definition) is 10. The van der Waals surface area contributed by atoms with Crippen molar-refractivity contribution in [1.29, 1.82) is 0 Å². The van der Waals surface area contributed by atoms with Crippen molar-refractivity contribution in [3.63, 3.8) is 0 Å². The number of carbonyl (C=O) groups excluding carboxylic acids is 6. The van der Waals surface area contributed by atoms with Gasteiger partial charge in [-0.25, -0.2) is 0 Å². The molecule has 0 aromatic heterocycles. The zero-order chi connectivity index (χ0) is 42.3. The quantitative estimate of drug-likeness (QED) is 0.102. The third-order valence-electron chi connectivity index (χ3n) is 4.12. The van der Waals surface area contributed by atoms with E-state index in [1.807, 2.05) is 0 Å². The normalized spacial score (nSPS) is 9.11. The second kappa shape index (κ2) is 365. The average molecular weight is 1140 g/mol. The van der Waals surface area contributed by atoms with Crippen LogP contribution >= 0.6 is 19.8 Å². The number of ether oxygens (including phenoxy) is 1. The van der Waals surface area contributed by atoms with Gasteiger partial charge in [0.25, 0.3) is 0 Å². The van der Waals surface area contributed by atoms with Crippen molar-refractivity contribution in [2.75, 3.05) is 34.5 Å². The van der Waals surface area contributed by atoms with E-state index in [-0.39, 0.29) is 99.5 Å². The maximum atomic E-state index is 7.75. The van der Waals surface area contributed by atoms with Gasteiger partial charge >= 0.3 is 157 Å². The van der Waals surface area contributed by atoms with Crippen LogP contribution in [0.3, 0.4) is 0 Å². The van der Waals surface area contributed by atoms with Crippen molar-refractivity contribution in [3.05, 3.63) is 48.1 Å². The van der Waals surface area contributed by atoms with E-state index in [9.17, 15) is 0 Å². The van der Waals surface area contributed by atoms with Crippen LogP contribution in [-0.4, -0.2) is 90.6 Å². The van der Waals surface area contributed by atoms with Gasteiger partial charge < -0.3 is 65.1 Å². The van der Waals surface area contributed by atoms with Crippen molar-refractivity contribution in [3.8, 4) is 0 Å². The fraction of sp³-hybridized carbons (Fsp3) is 0.594. The second-order valence-electron chi connectivity index (χ2n) is 6.10. The summed E-state index contributed by atoms with van der Waals surface area (Å²) in [4.78, 5) is 46.5. The molecule has 3 aliphatic rings. The molecule has 3 N–H and O–H groups in total. The van der Waals surface area contributed by atoms with Crippen LogP contribution in [0.1, 0.15) is 79.5 Å². The third kappa shape index (κ3) is 351. The predicted octanol–water partition coefficient (Wildman–Crippen LogP) is 1.08. The summed E-state index contributed by atoms with van der Waals surface area (Å²) in [5.74, 6) is 2.09. The van der Waals surface area contributed by atoms with E-state index < -0.39 is 0 Å². The maximum absolute atomic E-state index is 7.75. The molecule has 3 fully saturated rings. The van der Waals surface area contributed by atoms with Gasteiger partial charge in [0.2, 0.25) is 0 Å². The number of aliphatic hydroxyl groups is 3. The molecule has 0 atom stereocenters. The molecule has 0 aromatic carbocycles. The van der Waals surface area contributed by atoms with E-state index in [0.29, 0.717) is 0 Å². The molecule has 0 unspecified atom stereocenters. The topological polar surface area (TPSA) is 272 Å². The Kier molecular flexibility index (Phi) is 961. The van der Waals surface area contributed by atoms with Gasteiger partial charge in [-0.2, -0.15) is 0 Å². The first-order chi connectivity index (χ1) is 23.3. The Morgan fingerprint density at radius 1 is 0.509 bits per heavy atom. The van der Waals surface area contributed by atoms with Crippen molar-refractivity contribution in [2.45, 2.75) is 78.1 Å². The van der Waals surface area contributed by atoms with E-state index in [0.717, 1.165) is 46.4 Å². The fourth-order valence-corrected chi connectivity index (χ4v) is 2.77. The van der Waals surface area contributed by atoms with Crippen LogP contribution in [-0.2, 0) is 125 Å². The van der Waals surface area contributed by atoms with Gasteiger partial charge in [0, 0.05) is 51.6 Å². The van der Waals surface area contributed by atoms with Crippen molar-refractivity contribution in [1.82, 2.24) is 0 Å². The van der Waals surface area contributed by atoms with Gasteiger partial charge in [-0.1, -0.05) is 65.2 Å². The summed E-state index contributed by atoms with van der Waals surface area (Å²) >= 11 is 4.40. The number of hydrogen-bond donors (Lipinski definition) is 3. The van der Waals surface area contributed by atoms with Crippen LogP contribution in [0.25, 0.3) is 0 Å². The molecule has 0 spiro atoms. The van der Waals surface area contributed by atoms with E-state index in [1.54, 1.807) is 0 Å². The first-order valence-electron chi connectivity index (χ1n) is 11.8. The Labute approximate surface area is 400 Å². The number of halogens is 1. The molecule has 53 heavy (non-hydrogen) atoms. The van der Waals surface area contributed by atoms with Gasteiger partial charge in [-0.05, 0) is 24.7 Å². The SMILES string of the molecule is C1CCOC1.CC1CCCC1.CC1CCCC1.CO.CO.CO.[C-]#[O+].[C-]#[O+].[C-]#[O+].[C-]#[O+].[C-]#[O+].[CH-]=O.[CH-]=O.[CH-]=O.[CH-]=O.[CH-]=O.[CH-]=O.[CH3-].[CH3-].[H-].[Mn+3].[Mn].[Na+].[Ru+2].[Ru+3][I]. The molecule has 15 nitrogen and oxygen atoms in total. The number of rotatable bonds is 0. The summed E-state index contributed by atoms with van der Waals surface area (Å²) in [5.41, 5.74) is 0. The zero-order valence-corrected chi connectivity index (χ0v) is 41.7. The Morgan fingerprint density at radius 3 is 0.660 bits per heavy atom. The van der Waals surface area contributed by atoms with Gasteiger partial charge in [0.15, 0.2) is 0 Å². The summed E-state index contributed by atoms with van der Waals surface area (Å²) in [6.07, 6.45) is 14.4. The standard InChI is InChI=1S/2C6H12.C4H8O.3CH4O.6CHO.5CO.2CH3.HI.2Mn.Na.2Ru.H/c2*1-6-4-2-3-5-6;1-2-4-5-3-1;14*1-2;;;;;;;;;/h2*6H,2-5H2,1H3;1-4H2;3*2H,1H3;6*1H;;;;;;2*1H3;1H;;;;;;/q;;;;;;6*-1;;;;;;2*-1;;;+3;+1;+2;+4;-1/p-1. The van der Waals surface area contributed by atoms with Crippen LogP contribution in [0.2, 0.25) is 0 Å². The van der Waals surface area contributed by atoms with Crippen molar-refractivity contribution >= 4 is 60.5 Å². The van der Waals surface area contributed by atoms with Crippen LogP contribution in [0.4, 0.5) is 0 Å². The van der Waals surface area contributed by atoms with Crippen LogP contribution < -0.4 is 29.6 Å². The van der Waals surface area contributed by atoms with E-state index >= 15 is 0 Å². The minimum atomic E-state index is 0. The molecular weight excluding hydrogens is 1090 g/mol. The van der Waals surface area contributed by atoms with Gasteiger partial charge in [-0.15, -0.1) is 0 Å². The summed E-state index contributed by atoms with van der Waals surface area (Å²) < 4.78 is 42.4. The van der Waals surface area contributed by atoms with Gasteiger partial charge in [0.05, 0.1) is 0 Å². The van der Waals surface area contributed by atoms with Crippen LogP contribution in [0.15, 0.2) is 0 Å². The van der Waals surface area contributed by atoms with E-state index in [1.165, 1.54) is 64.2 Å². The van der Waals surface area contributed by atoms with Crippen molar-refractivity contribution in [2.24, 2.45) is 11.8 Å². The first-order valence-corrected chi connectivity index (χ1v) is 16.9. The average Bonchev–Trinajstić information content (AvgIpc) is 4.08. The molecule has 1 saturated heterocycles. The molecule has 1 radical (unpaired) electrons. The molecule has 0 bridgehead atoms. The molecule has 1 aliphatic heterocycles.